The number of hydrogen-bond acceptors (Lipinski definition) is 5. The third-order valence-electron chi connectivity index (χ3n) is 5.80. The molecule has 28 heavy (non-hydrogen) atoms. The second kappa shape index (κ2) is 6.86. The maximum absolute atomic E-state index is 12.2. The van der Waals surface area contributed by atoms with Crippen LogP contribution in [0.2, 0.25) is 0 Å². The highest BCUT2D eigenvalue weighted by Gasteiger charge is 2.36. The molecule has 1 amide bonds. The minimum Gasteiger partial charge on any atom is -0.483 e. The van der Waals surface area contributed by atoms with Gasteiger partial charge in [0.15, 0.2) is 5.84 Å². The van der Waals surface area contributed by atoms with Crippen molar-refractivity contribution in [1.82, 2.24) is 5.43 Å². The van der Waals surface area contributed by atoms with Gasteiger partial charge in [0, 0.05) is 6.07 Å². The Bertz CT molecular complexity index is 938. The van der Waals surface area contributed by atoms with Gasteiger partial charge in [-0.15, -0.1) is 0 Å². The summed E-state index contributed by atoms with van der Waals surface area (Å²) >= 11 is 0. The second-order valence-electron chi connectivity index (χ2n) is 7.68. The first-order chi connectivity index (χ1) is 13.7. The predicted molar refractivity (Wildman–Crippen MR) is 107 cm³/mol. The number of amides is 1. The highest BCUT2D eigenvalue weighted by molar-refractivity contribution is 6.09. The number of fused-ring (bicyclic) bond motifs is 3. The van der Waals surface area contributed by atoms with Crippen molar-refractivity contribution in [3.63, 3.8) is 0 Å². The van der Waals surface area contributed by atoms with Gasteiger partial charge in [-0.2, -0.15) is 5.10 Å². The number of amidine groups is 1. The van der Waals surface area contributed by atoms with Crippen LogP contribution in [0.1, 0.15) is 31.7 Å². The van der Waals surface area contributed by atoms with Crippen LogP contribution >= 0.6 is 0 Å². The Morgan fingerprint density at radius 3 is 2.82 bits per heavy atom. The molecule has 1 aliphatic carbocycles. The molecule has 6 nitrogen and oxygen atoms in total. The Kier molecular flexibility index (Phi) is 4.19. The predicted octanol–water partition coefficient (Wildman–Crippen LogP) is 3.85. The molecule has 0 saturated heterocycles. The fourth-order valence-electron chi connectivity index (χ4n) is 3.97. The van der Waals surface area contributed by atoms with Crippen molar-refractivity contribution in [2.75, 3.05) is 11.5 Å². The van der Waals surface area contributed by atoms with Crippen molar-refractivity contribution in [3.8, 4) is 17.2 Å². The van der Waals surface area contributed by atoms with Crippen molar-refractivity contribution in [1.29, 1.82) is 0 Å². The first-order valence-corrected chi connectivity index (χ1v) is 9.87. The molecule has 0 bridgehead atoms. The van der Waals surface area contributed by atoms with Gasteiger partial charge in [0.2, 0.25) is 0 Å². The van der Waals surface area contributed by atoms with E-state index in [0.29, 0.717) is 12.5 Å². The molecule has 1 N–H and O–H groups in total. The molecule has 0 aromatic heterocycles. The van der Waals surface area contributed by atoms with E-state index in [0.717, 1.165) is 40.8 Å². The van der Waals surface area contributed by atoms with Crippen LogP contribution in [0.5, 0.6) is 17.2 Å². The highest BCUT2D eigenvalue weighted by atomic mass is 16.5. The lowest BCUT2D eigenvalue weighted by Gasteiger charge is -2.38. The van der Waals surface area contributed by atoms with E-state index < -0.39 is 0 Å². The summed E-state index contributed by atoms with van der Waals surface area (Å²) in [5, 5.41) is 4.18. The Morgan fingerprint density at radius 2 is 2.07 bits per heavy atom. The van der Waals surface area contributed by atoms with Crippen LogP contribution in [0.4, 0.5) is 5.69 Å². The molecular weight excluding hydrogens is 354 g/mol. The zero-order chi connectivity index (χ0) is 19.1. The third-order valence-corrected chi connectivity index (χ3v) is 5.80. The maximum Gasteiger partial charge on any atom is 0.262 e. The van der Waals surface area contributed by atoms with Crippen LogP contribution in [0, 0.1) is 5.92 Å². The molecule has 3 aliphatic rings. The number of nitrogens with one attached hydrogen (secondary N) is 1. The Morgan fingerprint density at radius 1 is 1.25 bits per heavy atom. The zero-order valence-corrected chi connectivity index (χ0v) is 15.9. The number of carbonyl (C=O) groups is 1. The van der Waals surface area contributed by atoms with Gasteiger partial charge in [0.1, 0.15) is 29.9 Å². The Hall–Kier alpha value is -3.02. The molecule has 1 saturated carbocycles. The van der Waals surface area contributed by atoms with Gasteiger partial charge < -0.3 is 14.4 Å². The number of hydrogen-bond donors (Lipinski definition) is 1. The topological polar surface area (TPSA) is 63.2 Å². The molecule has 144 valence electrons. The fourth-order valence-corrected chi connectivity index (χ4v) is 3.97. The van der Waals surface area contributed by atoms with E-state index in [1.165, 1.54) is 19.3 Å². The van der Waals surface area contributed by atoms with Gasteiger partial charge >= 0.3 is 0 Å². The number of hydrazone groups is 1. The van der Waals surface area contributed by atoms with Gasteiger partial charge in [0.05, 0.1) is 5.69 Å². The average Bonchev–Trinajstić information content (AvgIpc) is 2.68. The highest BCUT2D eigenvalue weighted by Crippen LogP contribution is 2.43. The van der Waals surface area contributed by atoms with Crippen LogP contribution < -0.4 is 19.8 Å². The first-order valence-electron chi connectivity index (χ1n) is 9.87. The van der Waals surface area contributed by atoms with Crippen molar-refractivity contribution in [2.24, 2.45) is 11.0 Å². The second-order valence-corrected chi connectivity index (χ2v) is 7.68. The molecule has 5 rings (SSSR count). The van der Waals surface area contributed by atoms with Gasteiger partial charge in [-0.25, -0.2) is 5.43 Å². The van der Waals surface area contributed by atoms with Crippen molar-refractivity contribution in [3.05, 3.63) is 48.0 Å². The van der Waals surface area contributed by atoms with E-state index in [-0.39, 0.29) is 11.9 Å². The van der Waals surface area contributed by atoms with Crippen molar-refractivity contribution < 1.29 is 14.3 Å². The summed E-state index contributed by atoms with van der Waals surface area (Å²) in [6, 6.07) is 13.6. The summed E-state index contributed by atoms with van der Waals surface area (Å²) in [6.07, 6.45) is 4.78. The Labute approximate surface area is 164 Å². The normalized spacial score (nSPS) is 20.9. The SMILES string of the molecule is CC1C(=O)NN=C2COc3cc(Oc4ccccc4)c(CC4CCC4)cc3N21. The van der Waals surface area contributed by atoms with E-state index in [9.17, 15) is 4.79 Å². The molecule has 2 aromatic carbocycles. The lowest BCUT2D eigenvalue weighted by atomic mass is 9.80. The van der Waals surface area contributed by atoms with Gasteiger partial charge in [0.25, 0.3) is 5.91 Å². The fraction of sp³-hybridized carbons (Fsp3) is 0.364. The maximum atomic E-state index is 12.2. The summed E-state index contributed by atoms with van der Waals surface area (Å²) in [7, 11) is 0. The summed E-state index contributed by atoms with van der Waals surface area (Å²) in [5.41, 5.74) is 4.61. The van der Waals surface area contributed by atoms with E-state index in [1.807, 2.05) is 48.2 Å². The van der Waals surface area contributed by atoms with Crippen molar-refractivity contribution >= 4 is 17.4 Å². The summed E-state index contributed by atoms with van der Waals surface area (Å²) in [5.74, 6) is 3.67. The van der Waals surface area contributed by atoms with E-state index in [4.69, 9.17) is 9.47 Å². The Balaban J connectivity index is 1.56. The number of benzene rings is 2. The smallest absolute Gasteiger partial charge is 0.262 e. The minimum atomic E-state index is -0.326. The van der Waals surface area contributed by atoms with Crippen LogP contribution in [0.15, 0.2) is 47.6 Å². The van der Waals surface area contributed by atoms with Crippen molar-refractivity contribution in [2.45, 2.75) is 38.6 Å². The van der Waals surface area contributed by atoms with E-state index in [1.54, 1.807) is 0 Å². The summed E-state index contributed by atoms with van der Waals surface area (Å²) in [6.45, 7) is 2.21. The number of carbonyl (C=O) groups excluding carboxylic acids is 1. The molecule has 2 heterocycles. The largest absolute Gasteiger partial charge is 0.483 e. The molecular formula is C22H23N3O3. The number of rotatable bonds is 4. The quantitative estimate of drug-likeness (QED) is 0.879. The molecule has 2 aliphatic heterocycles. The van der Waals surface area contributed by atoms with Gasteiger partial charge in [-0.3, -0.25) is 4.79 Å². The standard InChI is InChI=1S/C22H23N3O3/c1-14-22(26)24-23-21-13-27-20-12-19(28-17-8-3-2-4-9-17)16(10-15-6-5-7-15)11-18(20)25(14)21/h2-4,8-9,11-12,14-15H,5-7,10,13H2,1H3,(H,24,26). The number of ether oxygens (including phenoxy) is 2. The minimum absolute atomic E-state index is 0.109. The van der Waals surface area contributed by atoms with Crippen LogP contribution in [-0.4, -0.2) is 24.4 Å². The molecule has 0 spiro atoms. The molecule has 0 radical (unpaired) electrons. The number of para-hydroxylation sites is 1. The monoisotopic (exact) mass is 377 g/mol. The molecule has 6 heteroatoms. The van der Waals surface area contributed by atoms with Crippen LogP contribution in [0.25, 0.3) is 0 Å². The average molecular weight is 377 g/mol. The number of nitrogens with zero attached hydrogens (tertiary/aromatic N) is 2. The van der Waals surface area contributed by atoms with E-state index in [2.05, 4.69) is 16.6 Å². The molecule has 1 fully saturated rings. The third kappa shape index (κ3) is 2.99. The van der Waals surface area contributed by atoms with Crippen LogP contribution in [0.3, 0.4) is 0 Å². The number of anilines is 1. The summed E-state index contributed by atoms with van der Waals surface area (Å²) in [4.78, 5) is 14.1. The van der Waals surface area contributed by atoms with E-state index >= 15 is 0 Å². The first kappa shape index (κ1) is 17.1. The summed E-state index contributed by atoms with van der Waals surface area (Å²) < 4.78 is 12.2. The van der Waals surface area contributed by atoms with Gasteiger partial charge in [-0.05, 0) is 43.0 Å². The molecule has 1 unspecified atom stereocenters. The van der Waals surface area contributed by atoms with Crippen LogP contribution in [-0.2, 0) is 11.2 Å². The zero-order valence-electron chi connectivity index (χ0n) is 15.9. The molecule has 2 aromatic rings. The molecule has 1 atom stereocenters. The lowest BCUT2D eigenvalue weighted by Crippen LogP contribution is -2.55. The van der Waals surface area contributed by atoms with Gasteiger partial charge in [-0.1, -0.05) is 37.5 Å². The lowest BCUT2D eigenvalue weighted by molar-refractivity contribution is -0.122.